The van der Waals surface area contributed by atoms with Crippen LogP contribution in [0, 0.1) is 0 Å². The number of benzene rings is 2. The first-order valence-electron chi connectivity index (χ1n) is 7.44. The summed E-state index contributed by atoms with van der Waals surface area (Å²) < 4.78 is 47.7. The molecule has 1 unspecified atom stereocenters. The topological polar surface area (TPSA) is 215 Å². The van der Waals surface area contributed by atoms with Crippen LogP contribution < -0.4 is 10.7 Å². The van der Waals surface area contributed by atoms with E-state index in [1.165, 1.54) is 12.1 Å². The van der Waals surface area contributed by atoms with Crippen molar-refractivity contribution in [3.8, 4) is 0 Å². The molecule has 0 saturated heterocycles. The third-order valence-electron chi connectivity index (χ3n) is 3.52. The van der Waals surface area contributed by atoms with Crippen LogP contribution in [0.15, 0.2) is 61.4 Å². The predicted molar refractivity (Wildman–Crippen MR) is 103 cm³/mol. The lowest BCUT2D eigenvalue weighted by molar-refractivity contribution is -0.116. The van der Waals surface area contributed by atoms with Crippen LogP contribution in [0.25, 0.3) is 20.9 Å². The standard InChI is InChI=1S/C14H12N8O5S2/c1-8(23)22(21-20-17)11-6-7-12(28(24)25)13(18-19-16)14(11)29(26,27)10-4-2-9(15)3-5-10/h2-7H,15H2,1H3,(H,24,25). The molecule has 15 heteroatoms. The maximum absolute atomic E-state index is 13.3. The lowest BCUT2D eigenvalue weighted by Crippen LogP contribution is -2.24. The average molecular weight is 436 g/mol. The summed E-state index contributed by atoms with van der Waals surface area (Å²) in [6, 6.07) is 6.86. The molecule has 29 heavy (non-hydrogen) atoms. The zero-order valence-electron chi connectivity index (χ0n) is 14.6. The monoisotopic (exact) mass is 436 g/mol. The van der Waals surface area contributed by atoms with Crippen molar-refractivity contribution in [2.24, 2.45) is 10.3 Å². The van der Waals surface area contributed by atoms with Gasteiger partial charge < -0.3 is 10.3 Å². The van der Waals surface area contributed by atoms with Crippen LogP contribution in [0.5, 0.6) is 0 Å². The van der Waals surface area contributed by atoms with Gasteiger partial charge in [-0.25, -0.2) is 17.4 Å². The second-order valence-corrected chi connectivity index (χ2v) is 8.11. The zero-order chi connectivity index (χ0) is 21.8. The van der Waals surface area contributed by atoms with E-state index < -0.39 is 48.0 Å². The van der Waals surface area contributed by atoms with Crippen molar-refractivity contribution in [1.29, 1.82) is 0 Å². The lowest BCUT2D eigenvalue weighted by Gasteiger charge is -2.17. The van der Waals surface area contributed by atoms with Gasteiger partial charge in [-0.3, -0.25) is 0 Å². The third kappa shape index (κ3) is 4.29. The van der Waals surface area contributed by atoms with Crippen molar-refractivity contribution in [3.05, 3.63) is 57.3 Å². The number of nitrogens with zero attached hydrogens (tertiary/aromatic N) is 7. The van der Waals surface area contributed by atoms with Crippen LogP contribution in [0.4, 0.5) is 17.1 Å². The molecule has 0 radical (unpaired) electrons. The summed E-state index contributed by atoms with van der Waals surface area (Å²) in [7, 11) is -4.54. The number of nitrogens with two attached hydrogens (primary N) is 1. The van der Waals surface area contributed by atoms with Crippen LogP contribution >= 0.6 is 0 Å². The second kappa shape index (κ2) is 8.60. The van der Waals surface area contributed by atoms with E-state index in [9.17, 15) is 22.0 Å². The molecule has 0 saturated carbocycles. The van der Waals surface area contributed by atoms with Gasteiger partial charge >= 0.3 is 5.91 Å². The Morgan fingerprint density at radius 3 is 2.28 bits per heavy atom. The first-order chi connectivity index (χ1) is 13.6. The largest absolute Gasteiger partial charge is 0.399 e. The number of rotatable bonds is 6. The van der Waals surface area contributed by atoms with Gasteiger partial charge in [-0.1, -0.05) is 5.11 Å². The molecule has 2 rings (SSSR count). The quantitative estimate of drug-likeness (QED) is 0.173. The van der Waals surface area contributed by atoms with E-state index >= 15 is 0 Å². The maximum Gasteiger partial charge on any atom is 0.314 e. The molecule has 0 aromatic heterocycles. The van der Waals surface area contributed by atoms with Gasteiger partial charge in [0.1, 0.15) is 4.90 Å². The van der Waals surface area contributed by atoms with Crippen molar-refractivity contribution < 1.29 is 22.0 Å². The fourth-order valence-corrected chi connectivity index (χ4v) is 4.46. The molecular formula is C14H12N8O5S2. The molecule has 3 N–H and O–H groups in total. The molecule has 1 amide bonds. The minimum atomic E-state index is -4.54. The summed E-state index contributed by atoms with van der Waals surface area (Å²) in [4.78, 5) is 15.3. The van der Waals surface area contributed by atoms with Gasteiger partial charge in [0, 0.05) is 17.5 Å². The number of carbonyl (C=O) groups excluding carboxylic acids is 1. The molecule has 0 heterocycles. The third-order valence-corrected chi connectivity index (χ3v) is 6.06. The molecule has 0 aliphatic carbocycles. The second-order valence-electron chi connectivity index (χ2n) is 5.28. The Kier molecular flexibility index (Phi) is 6.43. The Hall–Kier alpha value is -3.61. The number of sulfone groups is 1. The van der Waals surface area contributed by atoms with Crippen molar-refractivity contribution in [3.63, 3.8) is 0 Å². The first kappa shape index (κ1) is 21.7. The van der Waals surface area contributed by atoms with Crippen LogP contribution in [-0.2, 0) is 25.7 Å². The number of carbonyl (C=O) groups is 1. The fraction of sp³-hybridized carbons (Fsp3) is 0.0714. The molecule has 150 valence electrons. The van der Waals surface area contributed by atoms with Crippen molar-refractivity contribution in [1.82, 2.24) is 0 Å². The van der Waals surface area contributed by atoms with Crippen molar-refractivity contribution in [2.45, 2.75) is 21.6 Å². The summed E-state index contributed by atoms with van der Waals surface area (Å²) in [6.45, 7) is 1.000. The predicted octanol–water partition coefficient (Wildman–Crippen LogP) is 3.20. The number of azide groups is 2. The molecule has 1 atom stereocenters. The first-order valence-corrected chi connectivity index (χ1v) is 10.0. The summed E-state index contributed by atoms with van der Waals surface area (Å²) in [5.41, 5.74) is 22.2. The Morgan fingerprint density at radius 1 is 1.17 bits per heavy atom. The molecule has 0 bridgehead atoms. The van der Waals surface area contributed by atoms with Crippen molar-refractivity contribution in [2.75, 3.05) is 10.7 Å². The zero-order valence-corrected chi connectivity index (χ0v) is 16.2. The van der Waals surface area contributed by atoms with E-state index in [4.69, 9.17) is 16.8 Å². The van der Waals surface area contributed by atoms with Gasteiger partial charge in [0.2, 0.25) is 9.84 Å². The number of anilines is 2. The highest BCUT2D eigenvalue weighted by Gasteiger charge is 2.33. The minimum absolute atomic E-state index is 0.268. The molecule has 2 aromatic carbocycles. The number of amides is 1. The molecule has 13 nitrogen and oxygen atoms in total. The van der Waals surface area contributed by atoms with Crippen LogP contribution in [0.3, 0.4) is 0 Å². The Labute approximate surface area is 166 Å². The van der Waals surface area contributed by atoms with Crippen LogP contribution in [0.2, 0.25) is 0 Å². The van der Waals surface area contributed by atoms with E-state index in [2.05, 4.69) is 20.2 Å². The van der Waals surface area contributed by atoms with E-state index in [-0.39, 0.29) is 10.6 Å². The molecule has 2 aromatic rings. The van der Waals surface area contributed by atoms with E-state index in [1.807, 2.05) is 0 Å². The SMILES string of the molecule is CC(=O)N(N=[N+]=[N-])c1ccc(S(=O)O)c(N=[N+]=[N-])c1S(=O)(=O)c1ccc(N)cc1. The molecular weight excluding hydrogens is 424 g/mol. The highest BCUT2D eigenvalue weighted by atomic mass is 32.2. The lowest BCUT2D eigenvalue weighted by atomic mass is 10.2. The highest BCUT2D eigenvalue weighted by Crippen LogP contribution is 2.41. The summed E-state index contributed by atoms with van der Waals surface area (Å²) in [5.74, 6) is -0.860. The fourth-order valence-electron chi connectivity index (χ4n) is 2.34. The van der Waals surface area contributed by atoms with Gasteiger partial charge in [0.25, 0.3) is 0 Å². The van der Waals surface area contributed by atoms with Crippen LogP contribution in [-0.4, -0.2) is 23.1 Å². The molecule has 0 aliphatic rings. The van der Waals surface area contributed by atoms with Gasteiger partial charge in [0.15, 0.2) is 16.8 Å². The van der Waals surface area contributed by atoms with E-state index in [0.29, 0.717) is 5.01 Å². The minimum Gasteiger partial charge on any atom is -0.399 e. The van der Waals surface area contributed by atoms with Crippen molar-refractivity contribution >= 4 is 43.9 Å². The Bertz CT molecular complexity index is 1200. The van der Waals surface area contributed by atoms with Gasteiger partial charge in [-0.15, -0.1) is 10.5 Å². The highest BCUT2D eigenvalue weighted by molar-refractivity contribution is 7.92. The normalized spacial score (nSPS) is 11.7. The molecule has 0 fully saturated rings. The van der Waals surface area contributed by atoms with E-state index in [1.54, 1.807) is 0 Å². The smallest absolute Gasteiger partial charge is 0.314 e. The number of hydrogen-bond donors (Lipinski definition) is 2. The molecule has 0 spiro atoms. The number of hydrogen-bond acceptors (Lipinski definition) is 7. The summed E-state index contributed by atoms with van der Waals surface area (Å²) in [6.07, 6.45) is 0. The van der Waals surface area contributed by atoms with Gasteiger partial charge in [-0.05, 0) is 47.2 Å². The Morgan fingerprint density at radius 2 is 1.79 bits per heavy atom. The van der Waals surface area contributed by atoms with Gasteiger partial charge in [-0.2, -0.15) is 4.91 Å². The summed E-state index contributed by atoms with van der Waals surface area (Å²) in [5, 5.41) is 6.83. The average Bonchev–Trinajstić information content (AvgIpc) is 2.65. The van der Waals surface area contributed by atoms with E-state index in [0.717, 1.165) is 31.2 Å². The molecule has 0 aliphatic heterocycles. The summed E-state index contributed by atoms with van der Waals surface area (Å²) >= 11 is -2.74. The maximum atomic E-state index is 13.3. The van der Waals surface area contributed by atoms with Crippen LogP contribution in [0.1, 0.15) is 6.92 Å². The number of nitrogen functional groups attached to an aromatic ring is 1. The van der Waals surface area contributed by atoms with Gasteiger partial charge in [0.05, 0.1) is 15.5 Å². The Balaban J connectivity index is 3.05.